The first kappa shape index (κ1) is 16.9. The van der Waals surface area contributed by atoms with Gasteiger partial charge in [-0.3, -0.25) is 4.79 Å². The van der Waals surface area contributed by atoms with Crippen LogP contribution < -0.4 is 10.2 Å². The second kappa shape index (κ2) is 6.54. The van der Waals surface area contributed by atoms with E-state index in [1.54, 1.807) is 10.4 Å². The molecule has 8 nitrogen and oxygen atoms in total. The Morgan fingerprint density at radius 2 is 2.25 bits per heavy atom. The number of aromatic nitrogens is 2. The average Bonchev–Trinajstić information content (AvgIpc) is 3.11. The Morgan fingerprint density at radius 3 is 2.88 bits per heavy atom. The third-order valence-electron chi connectivity index (χ3n) is 4.93. The molecule has 2 N–H and O–H groups in total. The lowest BCUT2D eigenvalue weighted by atomic mass is 9.75. The number of aliphatic carboxylic acids is 1. The molecular formula is C15H23N5O3S. The van der Waals surface area contributed by atoms with Crippen molar-refractivity contribution in [3.05, 3.63) is 5.51 Å². The molecule has 3 rings (SSSR count). The van der Waals surface area contributed by atoms with Crippen molar-refractivity contribution in [3.63, 3.8) is 0 Å². The number of carbonyl (C=O) groups excluding carboxylic acids is 1. The molecule has 2 amide bonds. The van der Waals surface area contributed by atoms with Crippen molar-refractivity contribution in [1.82, 2.24) is 20.4 Å². The molecule has 0 radical (unpaired) electrons. The summed E-state index contributed by atoms with van der Waals surface area (Å²) in [4.78, 5) is 28.2. The van der Waals surface area contributed by atoms with Crippen molar-refractivity contribution in [1.29, 1.82) is 0 Å². The number of anilines is 1. The molecule has 2 fully saturated rings. The Kier molecular flexibility index (Phi) is 4.62. The van der Waals surface area contributed by atoms with Crippen LogP contribution >= 0.6 is 11.3 Å². The Morgan fingerprint density at radius 1 is 1.46 bits per heavy atom. The number of hydrogen-bond acceptors (Lipinski definition) is 6. The number of carboxylic acid groups (broad SMARTS) is 1. The molecule has 132 valence electrons. The van der Waals surface area contributed by atoms with Crippen LogP contribution in [0.5, 0.6) is 0 Å². The zero-order chi connectivity index (χ0) is 17.3. The monoisotopic (exact) mass is 353 g/mol. The van der Waals surface area contributed by atoms with E-state index in [2.05, 4.69) is 15.5 Å². The van der Waals surface area contributed by atoms with Gasteiger partial charge in [0, 0.05) is 38.1 Å². The largest absolute Gasteiger partial charge is 0.481 e. The Hall–Kier alpha value is -1.90. The van der Waals surface area contributed by atoms with Gasteiger partial charge < -0.3 is 20.2 Å². The van der Waals surface area contributed by atoms with Gasteiger partial charge in [-0.15, -0.1) is 10.2 Å². The molecule has 2 aliphatic heterocycles. The molecule has 2 saturated heterocycles. The predicted octanol–water partition coefficient (Wildman–Crippen LogP) is 1.26. The van der Waals surface area contributed by atoms with Gasteiger partial charge in [0.25, 0.3) is 0 Å². The second-order valence-electron chi connectivity index (χ2n) is 6.91. The minimum absolute atomic E-state index is 0.0615. The normalized spacial score (nSPS) is 27.0. The van der Waals surface area contributed by atoms with E-state index in [1.807, 2.05) is 18.7 Å². The maximum absolute atomic E-state index is 12.4. The molecule has 0 aliphatic carbocycles. The number of likely N-dealkylation sites (tertiary alicyclic amines) is 1. The van der Waals surface area contributed by atoms with E-state index >= 15 is 0 Å². The van der Waals surface area contributed by atoms with Crippen LogP contribution in [0.1, 0.15) is 26.7 Å². The van der Waals surface area contributed by atoms with E-state index < -0.39 is 11.4 Å². The van der Waals surface area contributed by atoms with Gasteiger partial charge in [0.05, 0.1) is 5.41 Å². The van der Waals surface area contributed by atoms with Gasteiger partial charge in [-0.1, -0.05) is 11.3 Å². The highest BCUT2D eigenvalue weighted by Crippen LogP contribution is 2.44. The van der Waals surface area contributed by atoms with Crippen molar-refractivity contribution >= 4 is 28.5 Å². The highest BCUT2D eigenvalue weighted by molar-refractivity contribution is 7.13. The molecule has 2 aliphatic rings. The SMILES string of the molecule is CC(C)NC(=O)N1CCC[C@]2(C(=O)O)CN(c3nncs3)C[C@@H]2C1. The van der Waals surface area contributed by atoms with Crippen LogP contribution in [0.15, 0.2) is 5.51 Å². The van der Waals surface area contributed by atoms with Crippen molar-refractivity contribution in [3.8, 4) is 0 Å². The Balaban J connectivity index is 1.81. The highest BCUT2D eigenvalue weighted by Gasteiger charge is 2.54. The van der Waals surface area contributed by atoms with Crippen LogP contribution in [-0.2, 0) is 4.79 Å². The lowest BCUT2D eigenvalue weighted by Crippen LogP contribution is -2.47. The summed E-state index contributed by atoms with van der Waals surface area (Å²) in [6.45, 7) is 5.92. The number of fused-ring (bicyclic) bond motifs is 1. The van der Waals surface area contributed by atoms with Crippen LogP contribution in [0.25, 0.3) is 0 Å². The molecule has 0 spiro atoms. The van der Waals surface area contributed by atoms with Gasteiger partial charge in [0.1, 0.15) is 5.51 Å². The molecule has 1 aromatic heterocycles. The van der Waals surface area contributed by atoms with Gasteiger partial charge in [-0.25, -0.2) is 4.79 Å². The number of amides is 2. The summed E-state index contributed by atoms with van der Waals surface area (Å²) in [6, 6.07) is -0.0491. The second-order valence-corrected chi connectivity index (χ2v) is 7.73. The molecular weight excluding hydrogens is 330 g/mol. The Labute approximate surface area is 144 Å². The molecule has 9 heteroatoms. The van der Waals surface area contributed by atoms with E-state index in [0.717, 1.165) is 5.13 Å². The molecule has 3 heterocycles. The lowest BCUT2D eigenvalue weighted by Gasteiger charge is -2.29. The van der Waals surface area contributed by atoms with E-state index in [0.29, 0.717) is 39.0 Å². The smallest absolute Gasteiger partial charge is 0.317 e. The van der Waals surface area contributed by atoms with Crippen LogP contribution in [0.3, 0.4) is 0 Å². The summed E-state index contributed by atoms with van der Waals surface area (Å²) in [6.07, 6.45) is 1.27. The van der Waals surface area contributed by atoms with Crippen LogP contribution in [0.2, 0.25) is 0 Å². The fraction of sp³-hybridized carbons (Fsp3) is 0.733. The van der Waals surface area contributed by atoms with Gasteiger partial charge in [-0.2, -0.15) is 0 Å². The van der Waals surface area contributed by atoms with E-state index in [4.69, 9.17) is 0 Å². The van der Waals surface area contributed by atoms with Crippen molar-refractivity contribution in [2.24, 2.45) is 11.3 Å². The molecule has 0 saturated carbocycles. The van der Waals surface area contributed by atoms with Crippen molar-refractivity contribution in [2.45, 2.75) is 32.7 Å². The third kappa shape index (κ3) is 3.04. The summed E-state index contributed by atoms with van der Waals surface area (Å²) in [5.41, 5.74) is 0.831. The highest BCUT2D eigenvalue weighted by atomic mass is 32.1. The number of urea groups is 1. The van der Waals surface area contributed by atoms with Crippen LogP contribution in [0, 0.1) is 11.3 Å². The Bertz CT molecular complexity index is 608. The number of carboxylic acids is 1. The third-order valence-corrected chi connectivity index (χ3v) is 5.68. The zero-order valence-corrected chi connectivity index (χ0v) is 14.8. The maximum Gasteiger partial charge on any atom is 0.317 e. The molecule has 1 aromatic rings. The first-order valence-corrected chi connectivity index (χ1v) is 9.10. The summed E-state index contributed by atoms with van der Waals surface area (Å²) in [5.74, 6) is -0.884. The fourth-order valence-corrected chi connectivity index (χ4v) is 4.33. The van der Waals surface area contributed by atoms with Crippen LogP contribution in [0.4, 0.5) is 9.93 Å². The summed E-state index contributed by atoms with van der Waals surface area (Å²) in [5, 5.41) is 21.5. The number of nitrogens with one attached hydrogen (secondary N) is 1. The van der Waals surface area contributed by atoms with E-state index in [1.165, 1.54) is 11.3 Å². The first-order chi connectivity index (χ1) is 11.4. The molecule has 0 bridgehead atoms. The topological polar surface area (TPSA) is 98.7 Å². The number of carbonyl (C=O) groups is 2. The standard InChI is InChI=1S/C15H23N5O3S/c1-10(2)17-13(23)19-5-3-4-15(12(21)22)8-20(7-11(15)6-19)14-18-16-9-24-14/h9-11H,3-8H2,1-2H3,(H,17,23)(H,21,22)/t11-,15-/m0/s1. The molecule has 24 heavy (non-hydrogen) atoms. The molecule has 2 atom stereocenters. The van der Waals surface area contributed by atoms with Gasteiger partial charge >= 0.3 is 12.0 Å². The van der Waals surface area contributed by atoms with Gasteiger partial charge in [0.2, 0.25) is 5.13 Å². The van der Waals surface area contributed by atoms with Crippen molar-refractivity contribution in [2.75, 3.05) is 31.1 Å². The summed E-state index contributed by atoms with van der Waals surface area (Å²) in [7, 11) is 0. The fourth-order valence-electron chi connectivity index (χ4n) is 3.76. The minimum atomic E-state index is -0.821. The summed E-state index contributed by atoms with van der Waals surface area (Å²) < 4.78 is 0. The van der Waals surface area contributed by atoms with E-state index in [9.17, 15) is 14.7 Å². The maximum atomic E-state index is 12.4. The predicted molar refractivity (Wildman–Crippen MR) is 90.2 cm³/mol. The first-order valence-electron chi connectivity index (χ1n) is 8.22. The molecule has 0 aromatic carbocycles. The van der Waals surface area contributed by atoms with Gasteiger partial charge in [0.15, 0.2) is 0 Å². The minimum Gasteiger partial charge on any atom is -0.481 e. The lowest BCUT2D eigenvalue weighted by molar-refractivity contribution is -0.150. The average molecular weight is 353 g/mol. The van der Waals surface area contributed by atoms with Gasteiger partial charge in [-0.05, 0) is 26.7 Å². The quantitative estimate of drug-likeness (QED) is 0.849. The van der Waals surface area contributed by atoms with Crippen LogP contribution in [-0.4, -0.2) is 64.4 Å². The number of rotatable bonds is 3. The van der Waals surface area contributed by atoms with Crippen molar-refractivity contribution < 1.29 is 14.7 Å². The van der Waals surface area contributed by atoms with E-state index in [-0.39, 0.29) is 18.0 Å². The summed E-state index contributed by atoms with van der Waals surface area (Å²) >= 11 is 1.41. The number of hydrogen-bond donors (Lipinski definition) is 2. The zero-order valence-electron chi connectivity index (χ0n) is 13.9. The number of nitrogens with zero attached hydrogens (tertiary/aromatic N) is 4. The molecule has 0 unspecified atom stereocenters.